The van der Waals surface area contributed by atoms with E-state index in [-0.39, 0.29) is 6.42 Å². The molecule has 0 amide bonds. The molecule has 1 atom stereocenters. The van der Waals surface area contributed by atoms with E-state index in [0.29, 0.717) is 12.3 Å². The Hall–Kier alpha value is -2.09. The molecule has 0 aromatic heterocycles. The molecule has 0 unspecified atom stereocenters. The Bertz CT molecular complexity index is 673. The highest BCUT2D eigenvalue weighted by atomic mass is 16.4. The van der Waals surface area contributed by atoms with E-state index in [4.69, 9.17) is 5.11 Å². The average Bonchev–Trinajstić information content (AvgIpc) is 2.64. The summed E-state index contributed by atoms with van der Waals surface area (Å²) in [6.07, 6.45) is 2.92. The number of carbonyl (C=O) groups is 1. The summed E-state index contributed by atoms with van der Waals surface area (Å²) >= 11 is 0. The first-order chi connectivity index (χ1) is 10.2. The maximum absolute atomic E-state index is 10.9. The molecular weight excluding hydrogens is 260 g/mol. The molecule has 2 aromatic rings. The number of carboxylic acid groups (broad SMARTS) is 1. The van der Waals surface area contributed by atoms with Crippen molar-refractivity contribution in [1.82, 2.24) is 0 Å². The first-order valence-electron chi connectivity index (χ1n) is 7.57. The minimum absolute atomic E-state index is 0.199. The minimum atomic E-state index is -0.728. The molecule has 0 bridgehead atoms. The minimum Gasteiger partial charge on any atom is -0.481 e. The Labute approximate surface area is 125 Å². The Morgan fingerprint density at radius 1 is 1.10 bits per heavy atom. The van der Waals surface area contributed by atoms with Gasteiger partial charge < -0.3 is 5.11 Å². The third-order valence-electron chi connectivity index (χ3n) is 4.51. The molecule has 1 aliphatic rings. The highest BCUT2D eigenvalue weighted by Crippen LogP contribution is 2.36. The number of fused-ring (bicyclic) bond motifs is 2. The molecule has 2 nitrogen and oxygen atoms in total. The summed E-state index contributed by atoms with van der Waals surface area (Å²) in [5, 5.41) is 8.96. The van der Waals surface area contributed by atoms with Crippen molar-refractivity contribution in [2.45, 2.75) is 38.5 Å². The Morgan fingerprint density at radius 2 is 1.81 bits per heavy atom. The number of carboxylic acids is 1. The molecule has 0 aliphatic heterocycles. The number of hydrogen-bond acceptors (Lipinski definition) is 1. The van der Waals surface area contributed by atoms with Crippen LogP contribution in [0.25, 0.3) is 0 Å². The van der Waals surface area contributed by atoms with Crippen LogP contribution < -0.4 is 0 Å². The first-order valence-corrected chi connectivity index (χ1v) is 7.57. The van der Waals surface area contributed by atoms with E-state index in [1.807, 2.05) is 0 Å². The van der Waals surface area contributed by atoms with E-state index in [0.717, 1.165) is 12.8 Å². The van der Waals surface area contributed by atoms with Gasteiger partial charge in [0.1, 0.15) is 0 Å². The lowest BCUT2D eigenvalue weighted by Crippen LogP contribution is -2.06. The van der Waals surface area contributed by atoms with Gasteiger partial charge in [-0.25, -0.2) is 0 Å². The molecule has 3 rings (SSSR count). The Kier molecular flexibility index (Phi) is 3.78. The van der Waals surface area contributed by atoms with Crippen molar-refractivity contribution in [1.29, 1.82) is 0 Å². The lowest BCUT2D eigenvalue weighted by Gasteiger charge is -2.19. The lowest BCUT2D eigenvalue weighted by molar-refractivity contribution is -0.136. The number of benzene rings is 2. The maximum Gasteiger partial charge on any atom is 0.303 e. The van der Waals surface area contributed by atoms with Gasteiger partial charge >= 0.3 is 5.97 Å². The fourth-order valence-corrected chi connectivity index (χ4v) is 3.51. The Balaban J connectivity index is 2.05. The van der Waals surface area contributed by atoms with Gasteiger partial charge in [-0.15, -0.1) is 0 Å². The highest BCUT2D eigenvalue weighted by Gasteiger charge is 2.22. The molecule has 108 valence electrons. The van der Waals surface area contributed by atoms with Crippen LogP contribution in [-0.4, -0.2) is 11.1 Å². The van der Waals surface area contributed by atoms with Crippen LogP contribution in [0.1, 0.15) is 47.1 Å². The third kappa shape index (κ3) is 2.71. The van der Waals surface area contributed by atoms with Gasteiger partial charge in [0.15, 0.2) is 0 Å². The van der Waals surface area contributed by atoms with Crippen molar-refractivity contribution in [3.05, 3.63) is 70.3 Å². The topological polar surface area (TPSA) is 37.3 Å². The van der Waals surface area contributed by atoms with Crippen molar-refractivity contribution < 1.29 is 9.90 Å². The Morgan fingerprint density at radius 3 is 2.62 bits per heavy atom. The molecule has 0 spiro atoms. The van der Waals surface area contributed by atoms with Crippen LogP contribution in [0.5, 0.6) is 0 Å². The van der Waals surface area contributed by atoms with Crippen LogP contribution in [0.2, 0.25) is 0 Å². The van der Waals surface area contributed by atoms with Crippen molar-refractivity contribution in [2.24, 2.45) is 0 Å². The summed E-state index contributed by atoms with van der Waals surface area (Å²) in [6.45, 7) is 2.24. The predicted octanol–water partition coefficient (Wildman–Crippen LogP) is 3.95. The monoisotopic (exact) mass is 280 g/mol. The van der Waals surface area contributed by atoms with Crippen molar-refractivity contribution in [2.75, 3.05) is 0 Å². The normalized spacial score (nSPS) is 16.7. The van der Waals surface area contributed by atoms with E-state index in [1.54, 1.807) is 0 Å². The first kappa shape index (κ1) is 13.9. The molecule has 1 N–H and O–H groups in total. The lowest BCUT2D eigenvalue weighted by atomic mass is 9.85. The summed E-state index contributed by atoms with van der Waals surface area (Å²) in [5.41, 5.74) is 6.73. The second kappa shape index (κ2) is 5.72. The molecule has 0 saturated heterocycles. The SMILES string of the molecule is C[C@H]1c2ccccc2CCc2cccc(CCC(=O)O)c21. The van der Waals surface area contributed by atoms with Gasteiger partial charge in [0.2, 0.25) is 0 Å². The van der Waals surface area contributed by atoms with Gasteiger partial charge in [-0.05, 0) is 47.1 Å². The highest BCUT2D eigenvalue weighted by molar-refractivity contribution is 5.67. The van der Waals surface area contributed by atoms with E-state index < -0.39 is 5.97 Å². The van der Waals surface area contributed by atoms with Crippen molar-refractivity contribution in [3.63, 3.8) is 0 Å². The van der Waals surface area contributed by atoms with Crippen LogP contribution in [0.15, 0.2) is 42.5 Å². The van der Waals surface area contributed by atoms with Gasteiger partial charge in [-0.3, -0.25) is 4.79 Å². The zero-order chi connectivity index (χ0) is 14.8. The van der Waals surface area contributed by atoms with Gasteiger partial charge in [0.05, 0.1) is 0 Å². The quantitative estimate of drug-likeness (QED) is 0.924. The summed E-state index contributed by atoms with van der Waals surface area (Å²) < 4.78 is 0. The molecule has 1 aliphatic carbocycles. The van der Waals surface area contributed by atoms with Gasteiger partial charge in [-0.2, -0.15) is 0 Å². The van der Waals surface area contributed by atoms with E-state index >= 15 is 0 Å². The van der Waals surface area contributed by atoms with Gasteiger partial charge in [0, 0.05) is 12.3 Å². The molecule has 0 fully saturated rings. The summed E-state index contributed by atoms with van der Waals surface area (Å²) in [5.74, 6) is -0.391. The average molecular weight is 280 g/mol. The van der Waals surface area contributed by atoms with Crippen LogP contribution >= 0.6 is 0 Å². The van der Waals surface area contributed by atoms with Crippen LogP contribution in [0.3, 0.4) is 0 Å². The zero-order valence-electron chi connectivity index (χ0n) is 12.3. The van der Waals surface area contributed by atoms with Gasteiger partial charge in [0.25, 0.3) is 0 Å². The summed E-state index contributed by atoms with van der Waals surface area (Å²) in [6, 6.07) is 15.0. The molecule has 0 radical (unpaired) electrons. The number of aliphatic carboxylic acids is 1. The molecular formula is C19H20O2. The standard InChI is InChI=1S/C19H20O2/c1-13-17-8-3-2-5-14(17)9-10-15-6-4-7-16(19(13)15)11-12-18(20)21/h2-8,13H,9-12H2,1H3,(H,20,21)/t13-/m0/s1. The van der Waals surface area contributed by atoms with Crippen LogP contribution in [0.4, 0.5) is 0 Å². The molecule has 0 saturated carbocycles. The number of rotatable bonds is 3. The van der Waals surface area contributed by atoms with Crippen LogP contribution in [0, 0.1) is 0 Å². The predicted molar refractivity (Wildman–Crippen MR) is 83.8 cm³/mol. The largest absolute Gasteiger partial charge is 0.481 e. The smallest absolute Gasteiger partial charge is 0.303 e. The number of aryl methyl sites for hydroxylation is 3. The van der Waals surface area contributed by atoms with Crippen molar-refractivity contribution >= 4 is 5.97 Å². The number of hydrogen-bond donors (Lipinski definition) is 1. The van der Waals surface area contributed by atoms with Crippen molar-refractivity contribution in [3.8, 4) is 0 Å². The van der Waals surface area contributed by atoms with Gasteiger partial charge in [-0.1, -0.05) is 49.4 Å². The zero-order valence-corrected chi connectivity index (χ0v) is 12.3. The summed E-state index contributed by atoms with van der Waals surface area (Å²) in [7, 11) is 0. The fraction of sp³-hybridized carbons (Fsp3) is 0.316. The maximum atomic E-state index is 10.9. The molecule has 2 heteroatoms. The fourth-order valence-electron chi connectivity index (χ4n) is 3.51. The van der Waals surface area contributed by atoms with E-state index in [9.17, 15) is 4.79 Å². The molecule has 2 aromatic carbocycles. The molecule has 21 heavy (non-hydrogen) atoms. The molecule has 0 heterocycles. The van der Waals surface area contributed by atoms with Crippen LogP contribution in [-0.2, 0) is 24.1 Å². The van der Waals surface area contributed by atoms with E-state index in [2.05, 4.69) is 49.4 Å². The third-order valence-corrected chi connectivity index (χ3v) is 4.51. The second-order valence-electron chi connectivity index (χ2n) is 5.80. The summed E-state index contributed by atoms with van der Waals surface area (Å²) in [4.78, 5) is 10.9. The van der Waals surface area contributed by atoms with E-state index in [1.165, 1.54) is 27.8 Å². The second-order valence-corrected chi connectivity index (χ2v) is 5.80.